The maximum atomic E-state index is 11.4. The molecule has 1 aromatic heterocycles. The topological polar surface area (TPSA) is 96.3 Å². The number of carboxylic acid groups (broad SMARTS) is 1. The van der Waals surface area contributed by atoms with Crippen LogP contribution in [0.25, 0.3) is 0 Å². The molecule has 1 heterocycles. The van der Waals surface area contributed by atoms with Gasteiger partial charge in [-0.3, -0.25) is 9.48 Å². The lowest BCUT2D eigenvalue weighted by atomic mass is 10.2. The molecule has 0 saturated carbocycles. The fourth-order valence-electron chi connectivity index (χ4n) is 1.41. The van der Waals surface area contributed by atoms with Gasteiger partial charge in [0.25, 0.3) is 0 Å². The second kappa shape index (κ2) is 7.31. The van der Waals surface area contributed by atoms with Crippen LogP contribution in [0.15, 0.2) is 12.3 Å². The molecule has 0 saturated heterocycles. The van der Waals surface area contributed by atoms with Crippen LogP contribution in [-0.4, -0.2) is 33.4 Å². The number of hydrogen-bond donors (Lipinski definition) is 3. The molecule has 3 N–H and O–H groups in total. The summed E-state index contributed by atoms with van der Waals surface area (Å²) in [7, 11) is 1.81. The van der Waals surface area contributed by atoms with Gasteiger partial charge in [0.2, 0.25) is 0 Å². The molecule has 0 spiro atoms. The van der Waals surface area contributed by atoms with Crippen molar-refractivity contribution in [2.75, 3.05) is 6.54 Å². The predicted molar refractivity (Wildman–Crippen MR) is 64.9 cm³/mol. The van der Waals surface area contributed by atoms with Gasteiger partial charge in [0, 0.05) is 26.2 Å². The molecule has 0 aliphatic heterocycles. The molecule has 0 radical (unpaired) electrons. The molecule has 0 fully saturated rings. The van der Waals surface area contributed by atoms with Crippen LogP contribution >= 0.6 is 0 Å². The molecule has 0 aliphatic carbocycles. The number of aromatic nitrogens is 2. The third-order valence-electron chi connectivity index (χ3n) is 2.46. The van der Waals surface area contributed by atoms with E-state index in [1.165, 1.54) is 0 Å². The van der Waals surface area contributed by atoms with Gasteiger partial charge in [0.1, 0.15) is 0 Å². The van der Waals surface area contributed by atoms with E-state index in [2.05, 4.69) is 15.7 Å². The highest BCUT2D eigenvalue weighted by atomic mass is 16.4. The van der Waals surface area contributed by atoms with E-state index in [1.807, 2.05) is 6.07 Å². The van der Waals surface area contributed by atoms with Crippen LogP contribution in [-0.2, 0) is 18.4 Å². The molecule has 0 aliphatic rings. The zero-order chi connectivity index (χ0) is 13.4. The molecule has 7 nitrogen and oxygen atoms in total. The highest BCUT2D eigenvalue weighted by Crippen LogP contribution is 1.95. The average Bonchev–Trinajstić information content (AvgIpc) is 2.71. The normalized spacial score (nSPS) is 10.1. The Morgan fingerprint density at radius 1 is 1.39 bits per heavy atom. The van der Waals surface area contributed by atoms with E-state index < -0.39 is 5.97 Å². The predicted octanol–water partition coefficient (Wildman–Crippen LogP) is 0.474. The highest BCUT2D eigenvalue weighted by Gasteiger charge is 2.02. The van der Waals surface area contributed by atoms with Crippen LogP contribution in [0.5, 0.6) is 0 Å². The number of amides is 2. The first-order valence-corrected chi connectivity index (χ1v) is 5.80. The van der Waals surface area contributed by atoms with Crippen molar-refractivity contribution in [3.63, 3.8) is 0 Å². The third kappa shape index (κ3) is 5.33. The highest BCUT2D eigenvalue weighted by molar-refractivity contribution is 5.73. The average molecular weight is 254 g/mol. The summed E-state index contributed by atoms with van der Waals surface area (Å²) in [5.41, 5.74) is 0.913. The van der Waals surface area contributed by atoms with Crippen LogP contribution < -0.4 is 10.6 Å². The summed E-state index contributed by atoms with van der Waals surface area (Å²) < 4.78 is 1.69. The van der Waals surface area contributed by atoms with Crippen molar-refractivity contribution in [1.82, 2.24) is 20.4 Å². The van der Waals surface area contributed by atoms with Gasteiger partial charge in [0.15, 0.2) is 0 Å². The number of aryl methyl sites for hydroxylation is 1. The van der Waals surface area contributed by atoms with Crippen molar-refractivity contribution in [2.45, 2.75) is 25.8 Å². The van der Waals surface area contributed by atoms with Crippen LogP contribution in [0.4, 0.5) is 4.79 Å². The summed E-state index contributed by atoms with van der Waals surface area (Å²) in [5, 5.41) is 17.8. The fourth-order valence-corrected chi connectivity index (χ4v) is 1.41. The van der Waals surface area contributed by atoms with Crippen molar-refractivity contribution in [1.29, 1.82) is 0 Å². The second-order valence-corrected chi connectivity index (χ2v) is 3.91. The number of urea groups is 1. The lowest BCUT2D eigenvalue weighted by Gasteiger charge is -2.07. The number of rotatable bonds is 7. The first-order chi connectivity index (χ1) is 8.59. The van der Waals surface area contributed by atoms with Gasteiger partial charge >= 0.3 is 12.0 Å². The van der Waals surface area contributed by atoms with Gasteiger partial charge in [0.05, 0.1) is 12.2 Å². The number of nitrogens with one attached hydrogen (secondary N) is 2. The molecular formula is C11H18N4O3. The Morgan fingerprint density at radius 2 is 2.17 bits per heavy atom. The van der Waals surface area contributed by atoms with E-state index in [0.29, 0.717) is 25.9 Å². The van der Waals surface area contributed by atoms with Crippen molar-refractivity contribution >= 4 is 12.0 Å². The smallest absolute Gasteiger partial charge is 0.315 e. The molecule has 0 unspecified atom stereocenters. The molecule has 0 atom stereocenters. The number of hydrogen-bond acceptors (Lipinski definition) is 3. The van der Waals surface area contributed by atoms with Crippen LogP contribution in [0, 0.1) is 0 Å². The summed E-state index contributed by atoms with van der Waals surface area (Å²) in [4.78, 5) is 21.6. The SMILES string of the molecule is Cn1nccc1CNC(=O)NCCCCC(=O)O. The number of nitrogens with zero attached hydrogens (tertiary/aromatic N) is 2. The van der Waals surface area contributed by atoms with Gasteiger partial charge < -0.3 is 15.7 Å². The van der Waals surface area contributed by atoms with Crippen molar-refractivity contribution in [3.05, 3.63) is 18.0 Å². The zero-order valence-electron chi connectivity index (χ0n) is 10.3. The van der Waals surface area contributed by atoms with Gasteiger partial charge in [-0.2, -0.15) is 5.10 Å². The van der Waals surface area contributed by atoms with Crippen molar-refractivity contribution in [3.8, 4) is 0 Å². The van der Waals surface area contributed by atoms with E-state index in [1.54, 1.807) is 17.9 Å². The molecule has 1 rings (SSSR count). The lowest BCUT2D eigenvalue weighted by molar-refractivity contribution is -0.137. The Kier molecular flexibility index (Phi) is 5.69. The Bertz CT molecular complexity index is 403. The van der Waals surface area contributed by atoms with E-state index in [9.17, 15) is 9.59 Å². The van der Waals surface area contributed by atoms with E-state index in [4.69, 9.17) is 5.11 Å². The Hall–Kier alpha value is -2.05. The maximum absolute atomic E-state index is 11.4. The lowest BCUT2D eigenvalue weighted by Crippen LogP contribution is -2.36. The van der Waals surface area contributed by atoms with E-state index in [0.717, 1.165) is 5.69 Å². The van der Waals surface area contributed by atoms with E-state index in [-0.39, 0.29) is 12.5 Å². The van der Waals surface area contributed by atoms with E-state index >= 15 is 0 Å². The third-order valence-corrected chi connectivity index (χ3v) is 2.46. The van der Waals surface area contributed by atoms with Crippen LogP contribution in [0.3, 0.4) is 0 Å². The Morgan fingerprint density at radius 3 is 2.78 bits per heavy atom. The molecule has 18 heavy (non-hydrogen) atoms. The van der Waals surface area contributed by atoms with Crippen molar-refractivity contribution < 1.29 is 14.7 Å². The number of carboxylic acids is 1. The largest absolute Gasteiger partial charge is 0.481 e. The molecule has 0 aromatic carbocycles. The molecule has 2 amide bonds. The first kappa shape index (κ1) is 14.0. The van der Waals surface area contributed by atoms with Gasteiger partial charge in [-0.05, 0) is 18.9 Å². The Balaban J connectivity index is 2.07. The molecule has 7 heteroatoms. The summed E-state index contributed by atoms with van der Waals surface area (Å²) in [6.45, 7) is 0.891. The summed E-state index contributed by atoms with van der Waals surface area (Å²) >= 11 is 0. The van der Waals surface area contributed by atoms with Gasteiger partial charge in [-0.25, -0.2) is 4.79 Å². The standard InChI is InChI=1S/C11H18N4O3/c1-15-9(5-7-14-15)8-13-11(18)12-6-3-2-4-10(16)17/h5,7H,2-4,6,8H2,1H3,(H,16,17)(H2,12,13,18). The molecule has 0 bridgehead atoms. The Labute approximate surface area is 105 Å². The minimum absolute atomic E-state index is 0.137. The number of unbranched alkanes of at least 4 members (excludes halogenated alkanes) is 1. The quantitative estimate of drug-likeness (QED) is 0.616. The monoisotopic (exact) mass is 254 g/mol. The first-order valence-electron chi connectivity index (χ1n) is 5.80. The maximum Gasteiger partial charge on any atom is 0.315 e. The summed E-state index contributed by atoms with van der Waals surface area (Å²) in [6, 6.07) is 1.57. The van der Waals surface area contributed by atoms with Crippen LogP contribution in [0.2, 0.25) is 0 Å². The zero-order valence-corrected chi connectivity index (χ0v) is 10.3. The van der Waals surface area contributed by atoms with Crippen molar-refractivity contribution in [2.24, 2.45) is 7.05 Å². The van der Waals surface area contributed by atoms with Gasteiger partial charge in [-0.1, -0.05) is 0 Å². The van der Waals surface area contributed by atoms with Crippen LogP contribution in [0.1, 0.15) is 25.0 Å². The molecule has 100 valence electrons. The summed E-state index contributed by atoms with van der Waals surface area (Å²) in [6.07, 6.45) is 3.03. The minimum Gasteiger partial charge on any atom is -0.481 e. The molecular weight excluding hydrogens is 236 g/mol. The van der Waals surface area contributed by atoms with Gasteiger partial charge in [-0.15, -0.1) is 0 Å². The second-order valence-electron chi connectivity index (χ2n) is 3.91. The number of carbonyl (C=O) groups is 2. The number of carbonyl (C=O) groups excluding carboxylic acids is 1. The fraction of sp³-hybridized carbons (Fsp3) is 0.545. The summed E-state index contributed by atoms with van der Waals surface area (Å²) in [5.74, 6) is -0.810. The number of aliphatic carboxylic acids is 1. The molecule has 1 aromatic rings. The minimum atomic E-state index is -0.810.